The summed E-state index contributed by atoms with van der Waals surface area (Å²) >= 11 is 5.84. The van der Waals surface area contributed by atoms with Gasteiger partial charge in [-0.15, -0.1) is 11.6 Å². The Kier molecular flexibility index (Phi) is 3.33. The quantitative estimate of drug-likeness (QED) is 0.694. The fourth-order valence-corrected chi connectivity index (χ4v) is 1.71. The van der Waals surface area contributed by atoms with E-state index in [4.69, 9.17) is 16.3 Å². The van der Waals surface area contributed by atoms with Crippen LogP contribution in [0.1, 0.15) is 12.8 Å². The molecule has 5 nitrogen and oxygen atoms in total. The molecule has 1 saturated heterocycles. The number of ether oxygens (including phenoxy) is 1. The molecule has 1 fully saturated rings. The van der Waals surface area contributed by atoms with E-state index < -0.39 is 5.38 Å². The lowest BCUT2D eigenvalue weighted by molar-refractivity contribution is -0.119. The van der Waals surface area contributed by atoms with Crippen LogP contribution in [0.25, 0.3) is 0 Å². The Morgan fingerprint density at radius 1 is 1.73 bits per heavy atom. The largest absolute Gasteiger partial charge is 0.376 e. The van der Waals surface area contributed by atoms with Crippen molar-refractivity contribution in [1.82, 2.24) is 5.43 Å². The summed E-state index contributed by atoms with van der Waals surface area (Å²) in [5.41, 5.74) is 2.79. The Hall–Kier alpha value is -0.940. The fraction of sp³-hybridized carbons (Fsp3) is 0.667. The van der Waals surface area contributed by atoms with Crippen LogP contribution in [0.4, 0.5) is 0 Å². The highest BCUT2D eigenvalue weighted by atomic mass is 35.5. The van der Waals surface area contributed by atoms with E-state index >= 15 is 0 Å². The number of nitrogens with one attached hydrogen (secondary N) is 1. The van der Waals surface area contributed by atoms with Gasteiger partial charge >= 0.3 is 0 Å². The second-order valence-electron chi connectivity index (χ2n) is 3.50. The number of carbonyl (C=O) groups is 1. The molecule has 1 N–H and O–H groups in total. The molecular weight excluding hydrogens is 218 g/mol. The highest BCUT2D eigenvalue weighted by Gasteiger charge is 2.24. The maximum atomic E-state index is 11.1. The van der Waals surface area contributed by atoms with Crippen LogP contribution in [0.5, 0.6) is 0 Å². The Morgan fingerprint density at radius 2 is 2.60 bits per heavy atom. The van der Waals surface area contributed by atoms with Gasteiger partial charge in [0.2, 0.25) is 0 Å². The SMILES string of the molecule is O=C1NN=CC(=NCC2CCCO2)C1Cl. The molecule has 2 aliphatic heterocycles. The predicted molar refractivity (Wildman–Crippen MR) is 57.6 cm³/mol. The molecule has 2 aliphatic rings. The first-order valence-corrected chi connectivity index (χ1v) is 5.34. The number of carbonyl (C=O) groups excluding carboxylic acids is 1. The average Bonchev–Trinajstić information content (AvgIpc) is 2.73. The van der Waals surface area contributed by atoms with Crippen LogP contribution < -0.4 is 5.43 Å². The summed E-state index contributed by atoms with van der Waals surface area (Å²) in [6.07, 6.45) is 3.75. The van der Waals surface area contributed by atoms with Crippen molar-refractivity contribution >= 4 is 29.4 Å². The zero-order valence-electron chi connectivity index (χ0n) is 8.15. The van der Waals surface area contributed by atoms with Crippen LogP contribution in [0.3, 0.4) is 0 Å². The molecule has 0 aliphatic carbocycles. The summed E-state index contributed by atoms with van der Waals surface area (Å²) in [6, 6.07) is 0. The summed E-state index contributed by atoms with van der Waals surface area (Å²) in [5, 5.41) is 2.92. The minimum absolute atomic E-state index is 0.166. The smallest absolute Gasteiger partial charge is 0.264 e. The van der Waals surface area contributed by atoms with E-state index in [9.17, 15) is 4.79 Å². The second kappa shape index (κ2) is 4.72. The third-order valence-corrected chi connectivity index (χ3v) is 2.78. The van der Waals surface area contributed by atoms with Crippen molar-refractivity contribution < 1.29 is 9.53 Å². The first-order chi connectivity index (χ1) is 7.27. The number of rotatable bonds is 2. The average molecular weight is 230 g/mol. The molecule has 15 heavy (non-hydrogen) atoms. The lowest BCUT2D eigenvalue weighted by Gasteiger charge is -2.13. The van der Waals surface area contributed by atoms with Gasteiger partial charge in [0.05, 0.1) is 24.6 Å². The second-order valence-corrected chi connectivity index (χ2v) is 3.93. The van der Waals surface area contributed by atoms with Gasteiger partial charge in [-0.3, -0.25) is 9.79 Å². The molecule has 0 aromatic carbocycles. The van der Waals surface area contributed by atoms with Gasteiger partial charge in [0.25, 0.3) is 5.91 Å². The molecule has 0 bridgehead atoms. The topological polar surface area (TPSA) is 63.0 Å². The molecule has 2 heterocycles. The first-order valence-electron chi connectivity index (χ1n) is 4.90. The van der Waals surface area contributed by atoms with Crippen molar-refractivity contribution in [2.75, 3.05) is 13.2 Å². The summed E-state index contributed by atoms with van der Waals surface area (Å²) in [6.45, 7) is 1.35. The van der Waals surface area contributed by atoms with Crippen LogP contribution >= 0.6 is 11.6 Å². The lowest BCUT2D eigenvalue weighted by Crippen LogP contribution is -2.39. The minimum atomic E-state index is -0.732. The van der Waals surface area contributed by atoms with Gasteiger partial charge in [-0.1, -0.05) is 0 Å². The standard InChI is InChI=1S/C9H12ClN3O2/c10-8-7(5-12-13-9(8)14)11-4-6-2-1-3-15-6/h5-6,8H,1-4H2,(H,13,14). The van der Waals surface area contributed by atoms with E-state index in [2.05, 4.69) is 15.5 Å². The number of nitrogens with zero attached hydrogens (tertiary/aromatic N) is 2. The number of amides is 1. The zero-order valence-corrected chi connectivity index (χ0v) is 8.91. The Labute approximate surface area is 92.5 Å². The van der Waals surface area contributed by atoms with Crippen molar-refractivity contribution in [3.8, 4) is 0 Å². The van der Waals surface area contributed by atoms with E-state index in [1.54, 1.807) is 0 Å². The predicted octanol–water partition coefficient (Wildman–Crippen LogP) is 0.329. The van der Waals surface area contributed by atoms with Crippen LogP contribution in [0, 0.1) is 0 Å². The molecule has 2 atom stereocenters. The Bertz CT molecular complexity index is 310. The summed E-state index contributed by atoms with van der Waals surface area (Å²) in [5.74, 6) is -0.328. The van der Waals surface area contributed by atoms with E-state index in [-0.39, 0.29) is 12.0 Å². The normalized spacial score (nSPS) is 33.4. The molecule has 0 spiro atoms. The maximum Gasteiger partial charge on any atom is 0.264 e. The lowest BCUT2D eigenvalue weighted by atomic mass is 10.2. The monoisotopic (exact) mass is 229 g/mol. The van der Waals surface area contributed by atoms with Crippen molar-refractivity contribution in [3.63, 3.8) is 0 Å². The third-order valence-electron chi connectivity index (χ3n) is 2.36. The van der Waals surface area contributed by atoms with Crippen LogP contribution in [-0.4, -0.2) is 42.5 Å². The van der Waals surface area contributed by atoms with Crippen LogP contribution in [0.2, 0.25) is 0 Å². The van der Waals surface area contributed by atoms with E-state index in [1.807, 2.05) is 0 Å². The van der Waals surface area contributed by atoms with E-state index in [0.717, 1.165) is 19.4 Å². The molecule has 0 aromatic heterocycles. The number of hydrazone groups is 1. The molecule has 0 aromatic rings. The molecule has 82 valence electrons. The highest BCUT2D eigenvalue weighted by Crippen LogP contribution is 2.12. The van der Waals surface area contributed by atoms with E-state index in [1.165, 1.54) is 6.21 Å². The first kappa shape index (κ1) is 10.6. The maximum absolute atomic E-state index is 11.1. The third kappa shape index (κ3) is 2.54. The number of alkyl halides is 1. The molecule has 0 radical (unpaired) electrons. The van der Waals surface area contributed by atoms with Gasteiger partial charge in [0, 0.05) is 6.61 Å². The molecule has 2 rings (SSSR count). The van der Waals surface area contributed by atoms with E-state index in [0.29, 0.717) is 12.3 Å². The number of hydrogen-bond acceptors (Lipinski definition) is 4. The minimum Gasteiger partial charge on any atom is -0.376 e. The molecule has 1 amide bonds. The van der Waals surface area contributed by atoms with Crippen molar-refractivity contribution in [2.24, 2.45) is 10.1 Å². The number of aliphatic imine (C=N–C) groups is 1. The zero-order chi connectivity index (χ0) is 10.7. The number of halogens is 1. The Balaban J connectivity index is 1.96. The fourth-order valence-electron chi connectivity index (χ4n) is 1.53. The highest BCUT2D eigenvalue weighted by molar-refractivity contribution is 6.54. The van der Waals surface area contributed by atoms with Crippen molar-refractivity contribution in [3.05, 3.63) is 0 Å². The van der Waals surface area contributed by atoms with Gasteiger partial charge in [0.1, 0.15) is 0 Å². The summed E-state index contributed by atoms with van der Waals surface area (Å²) in [7, 11) is 0. The molecule has 2 unspecified atom stereocenters. The summed E-state index contributed by atoms with van der Waals surface area (Å²) in [4.78, 5) is 15.4. The molecule has 0 saturated carbocycles. The summed E-state index contributed by atoms with van der Waals surface area (Å²) < 4.78 is 5.41. The van der Waals surface area contributed by atoms with Crippen molar-refractivity contribution in [2.45, 2.75) is 24.3 Å². The molecular formula is C9H12ClN3O2. The van der Waals surface area contributed by atoms with Crippen molar-refractivity contribution in [1.29, 1.82) is 0 Å². The Morgan fingerprint density at radius 3 is 3.33 bits per heavy atom. The number of hydrogen-bond donors (Lipinski definition) is 1. The van der Waals surface area contributed by atoms with Gasteiger partial charge < -0.3 is 4.74 Å². The van der Waals surface area contributed by atoms with Gasteiger partial charge in [-0.2, -0.15) is 5.10 Å². The van der Waals surface area contributed by atoms with Gasteiger partial charge in [-0.25, -0.2) is 5.43 Å². The van der Waals surface area contributed by atoms with Crippen LogP contribution in [0.15, 0.2) is 10.1 Å². The molecule has 6 heteroatoms. The van der Waals surface area contributed by atoms with Gasteiger partial charge in [-0.05, 0) is 12.8 Å². The van der Waals surface area contributed by atoms with Crippen LogP contribution in [-0.2, 0) is 9.53 Å². The van der Waals surface area contributed by atoms with Gasteiger partial charge in [0.15, 0.2) is 5.38 Å².